The highest BCUT2D eigenvalue weighted by atomic mass is 35.5. The lowest BCUT2D eigenvalue weighted by Crippen LogP contribution is -2.50. The van der Waals surface area contributed by atoms with E-state index in [1.807, 2.05) is 17.0 Å². The van der Waals surface area contributed by atoms with Gasteiger partial charge in [-0.1, -0.05) is 18.2 Å². The normalized spacial score (nSPS) is 16.3. The standard InChI is InChI=1S/C26H32N2O3.ClH/c1-19(2)27-14-16-28(17-15-27)26(30)21-10-12-23(13-11-21)31-25(29)18-22-8-5-7-20-6-3-4-9-24(20)22;/h5,7-8,10-13,19H,3-4,6,9,14-18H2,1-2H3;1H. The highest BCUT2D eigenvalue weighted by Gasteiger charge is 2.23. The maximum Gasteiger partial charge on any atom is 0.315 e. The molecule has 2 aromatic carbocycles. The SMILES string of the molecule is CC(C)N1CCN(C(=O)c2ccc(OC(=O)Cc3cccc4c3CCCC4)cc2)CC1.Cl. The zero-order valence-electron chi connectivity index (χ0n) is 19.0. The lowest BCUT2D eigenvalue weighted by atomic mass is 9.87. The van der Waals surface area contributed by atoms with Gasteiger partial charge in [0.2, 0.25) is 0 Å². The van der Waals surface area contributed by atoms with Crippen molar-refractivity contribution in [1.82, 2.24) is 9.80 Å². The minimum absolute atomic E-state index is 0. The number of benzene rings is 2. The van der Waals surface area contributed by atoms with E-state index in [-0.39, 0.29) is 30.7 Å². The first-order valence-electron chi connectivity index (χ1n) is 11.4. The van der Waals surface area contributed by atoms with Crippen LogP contribution in [0.1, 0.15) is 53.7 Å². The summed E-state index contributed by atoms with van der Waals surface area (Å²) in [6.07, 6.45) is 4.83. The molecule has 5 nitrogen and oxygen atoms in total. The Balaban J connectivity index is 0.00000289. The van der Waals surface area contributed by atoms with Gasteiger partial charge in [0, 0.05) is 37.8 Å². The molecule has 0 spiro atoms. The van der Waals surface area contributed by atoms with Crippen LogP contribution in [0.25, 0.3) is 0 Å². The van der Waals surface area contributed by atoms with Gasteiger partial charge < -0.3 is 9.64 Å². The van der Waals surface area contributed by atoms with E-state index >= 15 is 0 Å². The number of carbonyl (C=O) groups excluding carboxylic acids is 2. The monoisotopic (exact) mass is 456 g/mol. The molecule has 32 heavy (non-hydrogen) atoms. The second-order valence-corrected chi connectivity index (χ2v) is 8.86. The number of amides is 1. The molecule has 0 aromatic heterocycles. The summed E-state index contributed by atoms with van der Waals surface area (Å²) in [5.41, 5.74) is 4.40. The van der Waals surface area contributed by atoms with Gasteiger partial charge in [0.1, 0.15) is 5.75 Å². The number of hydrogen-bond acceptors (Lipinski definition) is 4. The van der Waals surface area contributed by atoms with Crippen molar-refractivity contribution in [2.75, 3.05) is 26.2 Å². The van der Waals surface area contributed by atoms with Gasteiger partial charge in [0.05, 0.1) is 6.42 Å². The van der Waals surface area contributed by atoms with Crippen LogP contribution in [0.4, 0.5) is 0 Å². The largest absolute Gasteiger partial charge is 0.426 e. The van der Waals surface area contributed by atoms with Crippen LogP contribution in [-0.2, 0) is 24.1 Å². The molecule has 2 aliphatic rings. The van der Waals surface area contributed by atoms with Crippen LogP contribution in [0.2, 0.25) is 0 Å². The molecule has 0 bridgehead atoms. The van der Waals surface area contributed by atoms with E-state index in [0.717, 1.165) is 44.6 Å². The van der Waals surface area contributed by atoms with Gasteiger partial charge in [-0.05, 0) is 80.5 Å². The molecule has 0 saturated carbocycles. The molecular weight excluding hydrogens is 424 g/mol. The Kier molecular flexibility index (Phi) is 8.32. The van der Waals surface area contributed by atoms with Crippen LogP contribution in [0.5, 0.6) is 5.75 Å². The molecule has 2 aromatic rings. The lowest BCUT2D eigenvalue weighted by Gasteiger charge is -2.37. The molecule has 0 unspecified atom stereocenters. The third-order valence-electron chi connectivity index (χ3n) is 6.49. The average molecular weight is 457 g/mol. The van der Waals surface area contributed by atoms with Crippen molar-refractivity contribution in [3.63, 3.8) is 0 Å². The zero-order chi connectivity index (χ0) is 21.8. The van der Waals surface area contributed by atoms with Gasteiger partial charge in [0.15, 0.2) is 0 Å². The second-order valence-electron chi connectivity index (χ2n) is 8.86. The van der Waals surface area contributed by atoms with E-state index in [4.69, 9.17) is 4.74 Å². The van der Waals surface area contributed by atoms with Crippen LogP contribution >= 0.6 is 12.4 Å². The first kappa shape index (κ1) is 24.3. The molecule has 0 radical (unpaired) electrons. The van der Waals surface area contributed by atoms with Crippen LogP contribution in [0.15, 0.2) is 42.5 Å². The maximum absolute atomic E-state index is 12.8. The summed E-state index contributed by atoms with van der Waals surface area (Å²) in [6, 6.07) is 13.7. The van der Waals surface area contributed by atoms with Crippen molar-refractivity contribution in [1.29, 1.82) is 0 Å². The van der Waals surface area contributed by atoms with Crippen molar-refractivity contribution >= 4 is 24.3 Å². The first-order chi connectivity index (χ1) is 15.0. The molecule has 1 heterocycles. The fourth-order valence-corrected chi connectivity index (χ4v) is 4.64. The van der Waals surface area contributed by atoms with E-state index in [1.54, 1.807) is 24.3 Å². The summed E-state index contributed by atoms with van der Waals surface area (Å²) in [7, 11) is 0. The highest BCUT2D eigenvalue weighted by Crippen LogP contribution is 2.25. The van der Waals surface area contributed by atoms with Crippen molar-refractivity contribution in [3.8, 4) is 5.75 Å². The molecule has 1 saturated heterocycles. The fraction of sp³-hybridized carbons (Fsp3) is 0.462. The summed E-state index contributed by atoms with van der Waals surface area (Å²) in [5.74, 6) is 0.260. The molecule has 4 rings (SSSR count). The Morgan fingerprint density at radius 3 is 2.31 bits per heavy atom. The van der Waals surface area contributed by atoms with E-state index in [9.17, 15) is 9.59 Å². The van der Waals surface area contributed by atoms with Crippen LogP contribution in [0.3, 0.4) is 0 Å². The highest BCUT2D eigenvalue weighted by molar-refractivity contribution is 5.94. The van der Waals surface area contributed by atoms with E-state index in [0.29, 0.717) is 17.4 Å². The van der Waals surface area contributed by atoms with Crippen molar-refractivity contribution < 1.29 is 14.3 Å². The number of carbonyl (C=O) groups is 2. The van der Waals surface area contributed by atoms with Gasteiger partial charge in [-0.2, -0.15) is 0 Å². The second kappa shape index (κ2) is 11.0. The topological polar surface area (TPSA) is 49.9 Å². The van der Waals surface area contributed by atoms with Crippen molar-refractivity contribution in [2.45, 2.75) is 52.0 Å². The summed E-state index contributed by atoms with van der Waals surface area (Å²) < 4.78 is 5.56. The van der Waals surface area contributed by atoms with Gasteiger partial charge in [-0.15, -0.1) is 12.4 Å². The number of ether oxygens (including phenoxy) is 1. The predicted octanol–water partition coefficient (Wildman–Crippen LogP) is 4.30. The summed E-state index contributed by atoms with van der Waals surface area (Å²) >= 11 is 0. The summed E-state index contributed by atoms with van der Waals surface area (Å²) in [5, 5.41) is 0. The number of esters is 1. The molecule has 6 heteroatoms. The van der Waals surface area contributed by atoms with Crippen molar-refractivity contribution in [2.24, 2.45) is 0 Å². The van der Waals surface area contributed by atoms with Crippen LogP contribution < -0.4 is 4.74 Å². The third kappa shape index (κ3) is 5.70. The molecule has 172 valence electrons. The minimum Gasteiger partial charge on any atom is -0.426 e. The van der Waals surface area contributed by atoms with Gasteiger partial charge >= 0.3 is 5.97 Å². The number of hydrogen-bond donors (Lipinski definition) is 0. The van der Waals surface area contributed by atoms with Crippen LogP contribution in [0, 0.1) is 0 Å². The average Bonchev–Trinajstić information content (AvgIpc) is 2.79. The van der Waals surface area contributed by atoms with E-state index < -0.39 is 0 Å². The lowest BCUT2D eigenvalue weighted by molar-refractivity contribution is -0.133. The molecule has 1 amide bonds. The number of aryl methyl sites for hydroxylation is 1. The van der Waals surface area contributed by atoms with Gasteiger partial charge in [-0.3, -0.25) is 14.5 Å². The number of nitrogens with zero attached hydrogens (tertiary/aromatic N) is 2. The van der Waals surface area contributed by atoms with Gasteiger partial charge in [-0.25, -0.2) is 0 Å². The molecule has 1 aliphatic carbocycles. The van der Waals surface area contributed by atoms with Crippen LogP contribution in [-0.4, -0.2) is 53.9 Å². The minimum atomic E-state index is -0.261. The van der Waals surface area contributed by atoms with Gasteiger partial charge in [0.25, 0.3) is 5.91 Å². The Bertz CT molecular complexity index is 935. The number of rotatable bonds is 5. The zero-order valence-corrected chi connectivity index (χ0v) is 19.8. The third-order valence-corrected chi connectivity index (χ3v) is 6.49. The quantitative estimate of drug-likeness (QED) is 0.497. The number of piperazine rings is 1. The Hall–Kier alpha value is -2.37. The van der Waals surface area contributed by atoms with E-state index in [2.05, 4.69) is 24.8 Å². The summed E-state index contributed by atoms with van der Waals surface area (Å²) in [6.45, 7) is 7.67. The van der Waals surface area contributed by atoms with Crippen molar-refractivity contribution in [3.05, 3.63) is 64.7 Å². The smallest absolute Gasteiger partial charge is 0.315 e. The molecule has 0 atom stereocenters. The summed E-state index contributed by atoms with van der Waals surface area (Å²) in [4.78, 5) is 29.6. The number of fused-ring (bicyclic) bond motifs is 1. The Labute approximate surface area is 197 Å². The molecule has 0 N–H and O–H groups in total. The Morgan fingerprint density at radius 1 is 0.938 bits per heavy atom. The maximum atomic E-state index is 12.8. The predicted molar refractivity (Wildman–Crippen MR) is 129 cm³/mol. The molecular formula is C26H33ClN2O3. The number of halogens is 1. The molecule has 1 fully saturated rings. The van der Waals surface area contributed by atoms with E-state index in [1.165, 1.54) is 24.0 Å². The molecule has 1 aliphatic heterocycles. The first-order valence-corrected chi connectivity index (χ1v) is 11.4. The Morgan fingerprint density at radius 2 is 1.62 bits per heavy atom. The fourth-order valence-electron chi connectivity index (χ4n) is 4.64.